The molecule has 0 radical (unpaired) electrons. The lowest BCUT2D eigenvalue weighted by Gasteiger charge is -2.13. The summed E-state index contributed by atoms with van der Waals surface area (Å²) in [5.74, 6) is 0.992. The molecule has 0 atom stereocenters. The van der Waals surface area contributed by atoms with Crippen molar-refractivity contribution < 1.29 is 9.53 Å². The van der Waals surface area contributed by atoms with Crippen molar-refractivity contribution in [3.8, 4) is 5.88 Å². The molecule has 1 aromatic heterocycles. The predicted molar refractivity (Wildman–Crippen MR) is 110 cm³/mol. The number of hydrogen-bond acceptors (Lipinski definition) is 6. The number of aromatic nitrogens is 2. The molecule has 6 nitrogen and oxygen atoms in total. The summed E-state index contributed by atoms with van der Waals surface area (Å²) in [5.41, 5.74) is 2.12. The Kier molecular flexibility index (Phi) is 6.00. The highest BCUT2D eigenvalue weighted by Gasteiger charge is 2.15. The highest BCUT2D eigenvalue weighted by Crippen LogP contribution is 2.25. The van der Waals surface area contributed by atoms with E-state index in [-0.39, 0.29) is 11.4 Å². The average molecular weight is 460 g/mol. The number of rotatable bonds is 7. The summed E-state index contributed by atoms with van der Waals surface area (Å²) in [6.07, 6.45) is 0.695. The summed E-state index contributed by atoms with van der Waals surface area (Å²) >= 11 is 2.24. The molecule has 1 heterocycles. The van der Waals surface area contributed by atoms with Gasteiger partial charge in [0, 0.05) is 16.3 Å². The maximum Gasteiger partial charge on any atom is 0.232 e. The molecule has 26 heavy (non-hydrogen) atoms. The van der Waals surface area contributed by atoms with E-state index in [9.17, 15) is 4.79 Å². The summed E-state index contributed by atoms with van der Waals surface area (Å²) in [7, 11) is 1.70. The summed E-state index contributed by atoms with van der Waals surface area (Å²) in [4.78, 5) is 20.2. The van der Waals surface area contributed by atoms with Crippen LogP contribution in [0.3, 0.4) is 0 Å². The van der Waals surface area contributed by atoms with Crippen LogP contribution in [0.15, 0.2) is 54.6 Å². The van der Waals surface area contributed by atoms with Crippen molar-refractivity contribution in [1.82, 2.24) is 9.97 Å². The molecule has 0 aliphatic heterocycles. The van der Waals surface area contributed by atoms with Gasteiger partial charge in [-0.25, -0.2) is 0 Å². The van der Waals surface area contributed by atoms with Gasteiger partial charge < -0.3 is 15.4 Å². The van der Waals surface area contributed by atoms with Gasteiger partial charge in [-0.05, 0) is 52.4 Å². The standard InChI is InChI=1S/C19H17IN4O2/c1-21-17-16(11-25)18(26-12-13-5-3-2-4-6-13)24-19(23-17)22-15-9-7-14(20)8-10-15/h2-11H,12H2,1H3,(H2,21,22,23,24). The minimum Gasteiger partial charge on any atom is -0.472 e. The van der Waals surface area contributed by atoms with E-state index in [2.05, 4.69) is 43.2 Å². The van der Waals surface area contributed by atoms with Gasteiger partial charge in [0.15, 0.2) is 6.29 Å². The number of nitrogens with zero attached hydrogens (tertiary/aromatic N) is 2. The number of ether oxygens (including phenoxy) is 1. The van der Waals surface area contributed by atoms with Crippen LogP contribution in [0, 0.1) is 3.57 Å². The molecule has 0 spiro atoms. The van der Waals surface area contributed by atoms with Crippen LogP contribution in [0.2, 0.25) is 0 Å². The molecule has 0 saturated carbocycles. The number of carbonyl (C=O) groups excluding carboxylic acids is 1. The van der Waals surface area contributed by atoms with E-state index < -0.39 is 0 Å². The highest BCUT2D eigenvalue weighted by molar-refractivity contribution is 14.1. The topological polar surface area (TPSA) is 76.1 Å². The van der Waals surface area contributed by atoms with Gasteiger partial charge in [-0.3, -0.25) is 4.79 Å². The molecule has 2 N–H and O–H groups in total. The molecule has 0 bridgehead atoms. The van der Waals surface area contributed by atoms with E-state index in [1.54, 1.807) is 7.05 Å². The van der Waals surface area contributed by atoms with Crippen LogP contribution in [0.4, 0.5) is 17.5 Å². The molecule has 0 unspecified atom stereocenters. The second kappa shape index (κ2) is 8.61. The number of halogens is 1. The van der Waals surface area contributed by atoms with Gasteiger partial charge >= 0.3 is 0 Å². The van der Waals surface area contributed by atoms with E-state index in [0.29, 0.717) is 24.7 Å². The average Bonchev–Trinajstić information content (AvgIpc) is 2.68. The van der Waals surface area contributed by atoms with Crippen molar-refractivity contribution in [3.63, 3.8) is 0 Å². The van der Waals surface area contributed by atoms with Crippen LogP contribution >= 0.6 is 22.6 Å². The second-order valence-electron chi connectivity index (χ2n) is 5.39. The third-order valence-electron chi connectivity index (χ3n) is 3.58. The number of carbonyl (C=O) groups is 1. The molecule has 0 aliphatic carbocycles. The molecular weight excluding hydrogens is 443 g/mol. The van der Waals surface area contributed by atoms with E-state index in [0.717, 1.165) is 14.8 Å². The Balaban J connectivity index is 1.88. The third kappa shape index (κ3) is 4.48. The van der Waals surface area contributed by atoms with Crippen molar-refractivity contribution in [3.05, 3.63) is 69.3 Å². The lowest BCUT2D eigenvalue weighted by atomic mass is 10.2. The summed E-state index contributed by atoms with van der Waals surface area (Å²) in [5, 5.41) is 6.05. The Morgan fingerprint density at radius 2 is 1.81 bits per heavy atom. The minimum atomic E-state index is 0.233. The largest absolute Gasteiger partial charge is 0.472 e. The molecule has 7 heteroatoms. The van der Waals surface area contributed by atoms with E-state index in [4.69, 9.17) is 4.74 Å². The lowest BCUT2D eigenvalue weighted by Crippen LogP contribution is -2.09. The zero-order valence-electron chi connectivity index (χ0n) is 14.1. The molecule has 132 valence electrons. The Morgan fingerprint density at radius 3 is 2.46 bits per heavy atom. The predicted octanol–water partition coefficient (Wildman–Crippen LogP) is 4.26. The van der Waals surface area contributed by atoms with Crippen LogP contribution in [0.1, 0.15) is 15.9 Å². The number of hydrogen-bond donors (Lipinski definition) is 2. The number of nitrogens with one attached hydrogen (secondary N) is 2. The smallest absolute Gasteiger partial charge is 0.232 e. The fourth-order valence-corrected chi connectivity index (χ4v) is 2.66. The molecule has 3 aromatic rings. The minimum absolute atomic E-state index is 0.233. The van der Waals surface area contributed by atoms with Crippen LogP contribution in [-0.4, -0.2) is 23.3 Å². The van der Waals surface area contributed by atoms with E-state index in [1.165, 1.54) is 0 Å². The fraction of sp³-hybridized carbons (Fsp3) is 0.105. The van der Waals surface area contributed by atoms with E-state index in [1.807, 2.05) is 54.6 Å². The van der Waals surface area contributed by atoms with Gasteiger partial charge in [0.05, 0.1) is 0 Å². The fourth-order valence-electron chi connectivity index (χ4n) is 2.30. The molecule has 0 aliphatic rings. The first-order valence-electron chi connectivity index (χ1n) is 7.94. The summed E-state index contributed by atoms with van der Waals surface area (Å²) in [6, 6.07) is 17.5. The second-order valence-corrected chi connectivity index (χ2v) is 6.63. The van der Waals surface area contributed by atoms with Crippen molar-refractivity contribution in [2.24, 2.45) is 0 Å². The van der Waals surface area contributed by atoms with Gasteiger partial charge in [-0.2, -0.15) is 9.97 Å². The Morgan fingerprint density at radius 1 is 1.08 bits per heavy atom. The maximum absolute atomic E-state index is 11.5. The van der Waals surface area contributed by atoms with Crippen LogP contribution in [0.25, 0.3) is 0 Å². The quantitative estimate of drug-likeness (QED) is 0.406. The normalized spacial score (nSPS) is 10.2. The van der Waals surface area contributed by atoms with Crippen molar-refractivity contribution in [1.29, 1.82) is 0 Å². The van der Waals surface area contributed by atoms with Crippen molar-refractivity contribution in [2.45, 2.75) is 6.61 Å². The van der Waals surface area contributed by atoms with Gasteiger partial charge in [-0.1, -0.05) is 30.3 Å². The zero-order valence-corrected chi connectivity index (χ0v) is 16.2. The molecule has 0 amide bonds. The first kappa shape index (κ1) is 18.1. The zero-order chi connectivity index (χ0) is 18.4. The first-order valence-corrected chi connectivity index (χ1v) is 9.01. The van der Waals surface area contributed by atoms with Gasteiger partial charge in [-0.15, -0.1) is 0 Å². The SMILES string of the molecule is CNc1nc(Nc2ccc(I)cc2)nc(OCc2ccccc2)c1C=O. The Hall–Kier alpha value is -2.68. The van der Waals surface area contributed by atoms with Gasteiger partial charge in [0.25, 0.3) is 0 Å². The van der Waals surface area contributed by atoms with Crippen molar-refractivity contribution in [2.75, 3.05) is 17.7 Å². The lowest BCUT2D eigenvalue weighted by molar-refractivity contribution is 0.111. The summed E-state index contributed by atoms with van der Waals surface area (Å²) < 4.78 is 6.92. The molecule has 3 rings (SSSR count). The number of benzene rings is 2. The monoisotopic (exact) mass is 460 g/mol. The molecular formula is C19H17IN4O2. The van der Waals surface area contributed by atoms with E-state index >= 15 is 0 Å². The van der Waals surface area contributed by atoms with Crippen LogP contribution < -0.4 is 15.4 Å². The highest BCUT2D eigenvalue weighted by atomic mass is 127. The van der Waals surface area contributed by atoms with Gasteiger partial charge in [0.1, 0.15) is 18.0 Å². The number of anilines is 3. The molecule has 0 saturated heterocycles. The molecule has 0 fully saturated rings. The Labute approximate surface area is 165 Å². The van der Waals surface area contributed by atoms with Crippen molar-refractivity contribution >= 4 is 46.3 Å². The third-order valence-corrected chi connectivity index (χ3v) is 4.30. The van der Waals surface area contributed by atoms with Crippen LogP contribution in [-0.2, 0) is 6.61 Å². The molecule has 2 aromatic carbocycles. The van der Waals surface area contributed by atoms with Crippen LogP contribution in [0.5, 0.6) is 5.88 Å². The maximum atomic E-state index is 11.5. The number of aldehydes is 1. The van der Waals surface area contributed by atoms with Gasteiger partial charge in [0.2, 0.25) is 11.8 Å². The summed E-state index contributed by atoms with van der Waals surface area (Å²) in [6.45, 7) is 0.310. The Bertz CT molecular complexity index is 886. The first-order chi connectivity index (χ1) is 12.7.